The van der Waals surface area contributed by atoms with E-state index in [1.165, 1.54) is 6.08 Å². The molecule has 0 aliphatic rings. The summed E-state index contributed by atoms with van der Waals surface area (Å²) in [6, 6.07) is 20.2. The van der Waals surface area contributed by atoms with E-state index >= 15 is 0 Å². The second-order valence-electron chi connectivity index (χ2n) is 5.60. The minimum Gasteiger partial charge on any atom is -0.460 e. The van der Waals surface area contributed by atoms with Crippen molar-refractivity contribution in [1.29, 1.82) is 0 Å². The normalized spacial score (nSPS) is 10.2. The lowest BCUT2D eigenvalue weighted by atomic mass is 10.0. The number of esters is 1. The zero-order valence-electron chi connectivity index (χ0n) is 15.4. The van der Waals surface area contributed by atoms with Crippen molar-refractivity contribution < 1.29 is 19.0 Å². The maximum Gasteiger partial charge on any atom is 0.332 e. The fourth-order valence-electron chi connectivity index (χ4n) is 2.33. The second kappa shape index (κ2) is 12.6. The summed E-state index contributed by atoms with van der Waals surface area (Å²) in [6.07, 6.45) is 1.51. The summed E-state index contributed by atoms with van der Waals surface area (Å²) in [5.41, 5.74) is 3.09. The Morgan fingerprint density at radius 1 is 0.889 bits per heavy atom. The van der Waals surface area contributed by atoms with E-state index in [2.05, 4.69) is 6.58 Å². The van der Waals surface area contributed by atoms with Crippen LogP contribution in [-0.4, -0.2) is 51.3 Å². The van der Waals surface area contributed by atoms with E-state index in [1.807, 2.05) is 60.7 Å². The Bertz CT molecular complexity index is 672. The Morgan fingerprint density at radius 3 is 2.07 bits per heavy atom. The largest absolute Gasteiger partial charge is 0.460 e. The summed E-state index contributed by atoms with van der Waals surface area (Å²) in [7, 11) is 0. The average molecular weight is 367 g/mol. The van der Waals surface area contributed by atoms with Gasteiger partial charge in [0.1, 0.15) is 13.2 Å². The highest BCUT2D eigenvalue weighted by molar-refractivity contribution is 6.12. The SMILES string of the molecule is C=CCOC(=O)COCCOCCN=C(c1ccccc1)c1ccccc1. The Hall–Kier alpha value is -2.76. The van der Waals surface area contributed by atoms with Crippen molar-refractivity contribution in [2.45, 2.75) is 0 Å². The first-order chi connectivity index (χ1) is 13.3. The van der Waals surface area contributed by atoms with E-state index in [0.29, 0.717) is 26.4 Å². The van der Waals surface area contributed by atoms with E-state index in [0.717, 1.165) is 16.8 Å². The predicted octanol–water partition coefficient (Wildman–Crippen LogP) is 3.29. The van der Waals surface area contributed by atoms with Crippen molar-refractivity contribution in [1.82, 2.24) is 0 Å². The highest BCUT2D eigenvalue weighted by atomic mass is 16.6. The number of ether oxygens (including phenoxy) is 3. The van der Waals surface area contributed by atoms with Gasteiger partial charge in [0, 0.05) is 11.1 Å². The molecule has 0 radical (unpaired) electrons. The van der Waals surface area contributed by atoms with Gasteiger partial charge in [0.2, 0.25) is 0 Å². The van der Waals surface area contributed by atoms with Crippen molar-refractivity contribution in [2.75, 3.05) is 39.6 Å². The van der Waals surface area contributed by atoms with Crippen LogP contribution in [0.4, 0.5) is 0 Å². The maximum absolute atomic E-state index is 11.2. The van der Waals surface area contributed by atoms with Gasteiger partial charge in [0.25, 0.3) is 0 Å². The van der Waals surface area contributed by atoms with Crippen molar-refractivity contribution in [3.05, 3.63) is 84.4 Å². The summed E-state index contributed by atoms with van der Waals surface area (Å²) < 4.78 is 15.5. The fourth-order valence-corrected chi connectivity index (χ4v) is 2.33. The minimum absolute atomic E-state index is 0.0818. The van der Waals surface area contributed by atoms with E-state index in [4.69, 9.17) is 19.2 Å². The van der Waals surface area contributed by atoms with Crippen LogP contribution in [0.5, 0.6) is 0 Å². The molecule has 0 saturated heterocycles. The predicted molar refractivity (Wildman–Crippen MR) is 106 cm³/mol. The van der Waals surface area contributed by atoms with Crippen LogP contribution in [0.25, 0.3) is 0 Å². The lowest BCUT2D eigenvalue weighted by Crippen LogP contribution is -2.15. The summed E-state index contributed by atoms with van der Waals surface area (Å²) in [6.45, 7) is 5.34. The fraction of sp³-hybridized carbons (Fsp3) is 0.273. The highest BCUT2D eigenvalue weighted by Crippen LogP contribution is 2.10. The molecule has 5 heteroatoms. The molecular formula is C22H25NO4. The third-order valence-corrected chi connectivity index (χ3v) is 3.55. The molecule has 27 heavy (non-hydrogen) atoms. The van der Waals surface area contributed by atoms with Crippen molar-refractivity contribution in [3.8, 4) is 0 Å². The number of rotatable bonds is 12. The summed E-state index contributed by atoms with van der Waals surface area (Å²) in [5, 5.41) is 0. The smallest absolute Gasteiger partial charge is 0.332 e. The number of hydrogen-bond donors (Lipinski definition) is 0. The monoisotopic (exact) mass is 367 g/mol. The van der Waals surface area contributed by atoms with Crippen molar-refractivity contribution in [2.24, 2.45) is 4.99 Å². The Morgan fingerprint density at radius 2 is 1.48 bits per heavy atom. The third-order valence-electron chi connectivity index (χ3n) is 3.55. The van der Waals surface area contributed by atoms with Crippen LogP contribution in [-0.2, 0) is 19.0 Å². The van der Waals surface area contributed by atoms with Crippen molar-refractivity contribution >= 4 is 11.7 Å². The first-order valence-electron chi connectivity index (χ1n) is 8.88. The second-order valence-corrected chi connectivity index (χ2v) is 5.60. The van der Waals surface area contributed by atoms with Gasteiger partial charge >= 0.3 is 5.97 Å². The molecule has 0 unspecified atom stereocenters. The van der Waals surface area contributed by atoms with Gasteiger partial charge in [0.05, 0.1) is 32.1 Å². The first-order valence-corrected chi connectivity index (χ1v) is 8.88. The van der Waals surface area contributed by atoms with Gasteiger partial charge in [-0.15, -0.1) is 0 Å². The molecule has 2 aromatic rings. The third kappa shape index (κ3) is 7.98. The van der Waals surface area contributed by atoms with Crippen molar-refractivity contribution in [3.63, 3.8) is 0 Å². The number of nitrogens with zero attached hydrogens (tertiary/aromatic N) is 1. The Labute approximate surface area is 160 Å². The molecule has 0 fully saturated rings. The van der Waals surface area contributed by atoms with E-state index in [9.17, 15) is 4.79 Å². The lowest BCUT2D eigenvalue weighted by Gasteiger charge is -2.08. The van der Waals surface area contributed by atoms with Crippen LogP contribution in [0.3, 0.4) is 0 Å². The van der Waals surface area contributed by atoms with Crippen LogP contribution in [0.2, 0.25) is 0 Å². The van der Waals surface area contributed by atoms with Crippen LogP contribution in [0, 0.1) is 0 Å². The van der Waals surface area contributed by atoms with Crippen LogP contribution >= 0.6 is 0 Å². The highest BCUT2D eigenvalue weighted by Gasteiger charge is 2.05. The van der Waals surface area contributed by atoms with Crippen LogP contribution in [0.1, 0.15) is 11.1 Å². The number of carbonyl (C=O) groups excluding carboxylic acids is 1. The molecule has 0 aromatic heterocycles. The number of aliphatic imine (C=N–C) groups is 1. The molecule has 0 saturated carbocycles. The van der Waals surface area contributed by atoms with Crippen LogP contribution < -0.4 is 0 Å². The quantitative estimate of drug-likeness (QED) is 0.250. The molecule has 142 valence electrons. The maximum atomic E-state index is 11.2. The van der Waals surface area contributed by atoms with Gasteiger partial charge < -0.3 is 14.2 Å². The molecule has 0 amide bonds. The number of benzene rings is 2. The number of carbonyl (C=O) groups is 1. The first kappa shape index (κ1) is 20.6. The average Bonchev–Trinajstić information content (AvgIpc) is 2.72. The topological polar surface area (TPSA) is 57.1 Å². The van der Waals surface area contributed by atoms with Gasteiger partial charge in [-0.1, -0.05) is 73.3 Å². The molecule has 0 spiro atoms. The summed E-state index contributed by atoms with van der Waals surface area (Å²) in [5.74, 6) is -0.408. The zero-order valence-corrected chi connectivity index (χ0v) is 15.4. The van der Waals surface area contributed by atoms with Gasteiger partial charge in [-0.05, 0) is 0 Å². The Kier molecular flexibility index (Phi) is 9.57. The molecule has 2 rings (SSSR count). The lowest BCUT2D eigenvalue weighted by molar-refractivity contribution is -0.148. The molecule has 5 nitrogen and oxygen atoms in total. The molecule has 0 N–H and O–H groups in total. The van der Waals surface area contributed by atoms with E-state index in [1.54, 1.807) is 0 Å². The van der Waals surface area contributed by atoms with E-state index in [-0.39, 0.29) is 13.2 Å². The molecular weight excluding hydrogens is 342 g/mol. The molecule has 0 bridgehead atoms. The van der Waals surface area contributed by atoms with Gasteiger partial charge in [-0.3, -0.25) is 4.99 Å². The molecule has 0 aliphatic carbocycles. The zero-order chi connectivity index (χ0) is 19.2. The molecule has 0 heterocycles. The molecule has 2 aromatic carbocycles. The van der Waals surface area contributed by atoms with Gasteiger partial charge in [-0.25, -0.2) is 4.79 Å². The van der Waals surface area contributed by atoms with Gasteiger partial charge in [0.15, 0.2) is 0 Å². The molecule has 0 atom stereocenters. The summed E-state index contributed by atoms with van der Waals surface area (Å²) in [4.78, 5) is 15.9. The van der Waals surface area contributed by atoms with Gasteiger partial charge in [-0.2, -0.15) is 0 Å². The molecule has 0 aliphatic heterocycles. The van der Waals surface area contributed by atoms with E-state index < -0.39 is 5.97 Å². The number of hydrogen-bond acceptors (Lipinski definition) is 5. The standard InChI is InChI=1S/C22H25NO4/c1-2-14-27-21(24)18-26-17-16-25-15-13-23-22(19-9-5-3-6-10-19)20-11-7-4-8-12-20/h2-12H,1,13-18H2. The minimum atomic E-state index is -0.408. The summed E-state index contributed by atoms with van der Waals surface area (Å²) >= 11 is 0. The Balaban J connectivity index is 1.74. The van der Waals surface area contributed by atoms with Crippen LogP contribution in [0.15, 0.2) is 78.3 Å².